The van der Waals surface area contributed by atoms with Gasteiger partial charge in [-0.2, -0.15) is 13.2 Å². The first kappa shape index (κ1) is 23.4. The summed E-state index contributed by atoms with van der Waals surface area (Å²) < 4.78 is 55.3. The number of fused-ring (bicyclic) bond motifs is 1. The highest BCUT2D eigenvalue weighted by Crippen LogP contribution is 2.43. The fourth-order valence-electron chi connectivity index (χ4n) is 3.74. The number of H-pyrrole nitrogens is 1. The first-order valence-corrected chi connectivity index (χ1v) is 9.60. The summed E-state index contributed by atoms with van der Waals surface area (Å²) in [6.45, 7) is 1.80. The molecule has 1 aromatic heterocycles. The Morgan fingerprint density at radius 2 is 1.78 bits per heavy atom. The Labute approximate surface area is 180 Å². The molecule has 0 aliphatic heterocycles. The van der Waals surface area contributed by atoms with Crippen molar-refractivity contribution in [3.8, 4) is 5.75 Å². The molecular weight excluding hydrogens is 432 g/mol. The lowest BCUT2D eigenvalue weighted by Crippen LogP contribution is -2.53. The fraction of sp³-hybridized carbons (Fsp3) is 0.318. The van der Waals surface area contributed by atoms with Crippen molar-refractivity contribution in [1.82, 2.24) is 4.98 Å². The molecule has 1 heterocycles. The zero-order valence-corrected chi connectivity index (χ0v) is 17.2. The second-order valence-electron chi connectivity index (χ2n) is 8.40. The number of halogens is 4. The number of anilines is 1. The van der Waals surface area contributed by atoms with Crippen molar-refractivity contribution in [2.75, 3.05) is 11.9 Å². The number of aromatic nitrogens is 1. The average molecular weight is 454 g/mol. The van der Waals surface area contributed by atoms with E-state index in [0.717, 1.165) is 18.2 Å². The number of phenolic OH excluding ortho intramolecular Hbond substituents is 1. The molecule has 10 heteroatoms. The van der Waals surface area contributed by atoms with Gasteiger partial charge in [-0.25, -0.2) is 9.18 Å². The summed E-state index contributed by atoms with van der Waals surface area (Å²) >= 11 is 0. The number of aromatic carboxylic acids is 1. The Bertz CT molecular complexity index is 1160. The molecule has 0 amide bonds. The van der Waals surface area contributed by atoms with E-state index in [1.165, 1.54) is 38.1 Å². The maximum atomic E-state index is 13.9. The standard InChI is InChI=1S/C22H22F4N2O4/c1-20(2,15-9-14(23)5-6-17(15)29)10-21(32,22(24,25)26)11-27-18-8-12-3-4-13(19(30)31)7-16(12)28-18/h3-9,27-29,32H,10-11H2,1-2H3,(H,30,31). The minimum Gasteiger partial charge on any atom is -0.508 e. The van der Waals surface area contributed by atoms with Gasteiger partial charge in [0.2, 0.25) is 0 Å². The van der Waals surface area contributed by atoms with Crippen LogP contribution in [0.2, 0.25) is 0 Å². The summed E-state index contributed by atoms with van der Waals surface area (Å²) in [4.78, 5) is 13.9. The topological polar surface area (TPSA) is 106 Å². The number of rotatable bonds is 7. The summed E-state index contributed by atoms with van der Waals surface area (Å²) in [5, 5.41) is 32.8. The molecule has 0 bridgehead atoms. The maximum Gasteiger partial charge on any atom is 0.418 e. The number of alkyl halides is 3. The number of aromatic hydroxyl groups is 1. The van der Waals surface area contributed by atoms with Gasteiger partial charge in [-0.15, -0.1) is 0 Å². The van der Waals surface area contributed by atoms with E-state index in [9.17, 15) is 32.6 Å². The number of hydrogen-bond donors (Lipinski definition) is 5. The first-order chi connectivity index (χ1) is 14.7. The molecule has 1 unspecified atom stereocenters. The molecule has 172 valence electrons. The molecule has 3 aromatic rings. The largest absolute Gasteiger partial charge is 0.508 e. The molecule has 0 aliphatic rings. The van der Waals surface area contributed by atoms with Gasteiger partial charge in [0, 0.05) is 16.5 Å². The molecule has 3 rings (SSSR count). The van der Waals surface area contributed by atoms with Gasteiger partial charge in [-0.05, 0) is 48.2 Å². The lowest BCUT2D eigenvalue weighted by Gasteiger charge is -2.38. The van der Waals surface area contributed by atoms with E-state index in [1.54, 1.807) is 0 Å². The Kier molecular flexibility index (Phi) is 5.86. The highest BCUT2D eigenvalue weighted by atomic mass is 19.4. The van der Waals surface area contributed by atoms with E-state index < -0.39 is 41.9 Å². The fourth-order valence-corrected chi connectivity index (χ4v) is 3.74. The lowest BCUT2D eigenvalue weighted by atomic mass is 9.74. The third kappa shape index (κ3) is 4.64. The van der Waals surface area contributed by atoms with Crippen LogP contribution in [-0.4, -0.2) is 44.6 Å². The Morgan fingerprint density at radius 1 is 1.09 bits per heavy atom. The smallest absolute Gasteiger partial charge is 0.418 e. The molecular formula is C22H22F4N2O4. The molecule has 0 spiro atoms. The molecule has 0 radical (unpaired) electrons. The number of benzene rings is 2. The molecule has 0 aliphatic carbocycles. The van der Waals surface area contributed by atoms with Gasteiger partial charge in [0.1, 0.15) is 17.4 Å². The van der Waals surface area contributed by atoms with Crippen LogP contribution < -0.4 is 5.32 Å². The van der Waals surface area contributed by atoms with Crippen LogP contribution in [0.25, 0.3) is 10.9 Å². The van der Waals surface area contributed by atoms with Crippen molar-refractivity contribution < 1.29 is 37.7 Å². The highest BCUT2D eigenvalue weighted by molar-refractivity contribution is 5.94. The monoisotopic (exact) mass is 454 g/mol. The normalized spacial score (nSPS) is 14.3. The number of carboxylic acids is 1. The van der Waals surface area contributed by atoms with Crippen LogP contribution in [-0.2, 0) is 5.41 Å². The molecule has 5 N–H and O–H groups in total. The molecule has 1 atom stereocenters. The molecule has 32 heavy (non-hydrogen) atoms. The van der Waals surface area contributed by atoms with Crippen LogP contribution in [0, 0.1) is 5.82 Å². The molecule has 0 saturated heterocycles. The first-order valence-electron chi connectivity index (χ1n) is 9.60. The van der Waals surface area contributed by atoms with Gasteiger partial charge < -0.3 is 25.6 Å². The van der Waals surface area contributed by atoms with Gasteiger partial charge in [0.15, 0.2) is 5.60 Å². The van der Waals surface area contributed by atoms with Crippen LogP contribution in [0.1, 0.15) is 36.2 Å². The van der Waals surface area contributed by atoms with E-state index >= 15 is 0 Å². The van der Waals surface area contributed by atoms with Crippen molar-refractivity contribution in [1.29, 1.82) is 0 Å². The van der Waals surface area contributed by atoms with Crippen LogP contribution in [0.3, 0.4) is 0 Å². The van der Waals surface area contributed by atoms with Crippen LogP contribution in [0.4, 0.5) is 23.4 Å². The van der Waals surface area contributed by atoms with Crippen molar-refractivity contribution in [2.45, 2.75) is 37.5 Å². The van der Waals surface area contributed by atoms with E-state index in [2.05, 4.69) is 10.3 Å². The number of aliphatic hydroxyl groups is 1. The molecule has 2 aromatic carbocycles. The molecule has 0 fully saturated rings. The average Bonchev–Trinajstić information content (AvgIpc) is 3.09. The quantitative estimate of drug-likeness (QED) is 0.330. The molecule has 0 saturated carbocycles. The van der Waals surface area contributed by atoms with Gasteiger partial charge in [-0.3, -0.25) is 0 Å². The van der Waals surface area contributed by atoms with Crippen molar-refractivity contribution in [2.24, 2.45) is 0 Å². The third-order valence-electron chi connectivity index (χ3n) is 5.39. The zero-order valence-electron chi connectivity index (χ0n) is 17.2. The summed E-state index contributed by atoms with van der Waals surface area (Å²) in [7, 11) is 0. The van der Waals surface area contributed by atoms with Crippen molar-refractivity contribution in [3.63, 3.8) is 0 Å². The second kappa shape index (κ2) is 8.01. The molecule has 6 nitrogen and oxygen atoms in total. The Balaban J connectivity index is 1.87. The maximum absolute atomic E-state index is 13.9. The summed E-state index contributed by atoms with van der Waals surface area (Å²) in [5.74, 6) is -2.10. The second-order valence-corrected chi connectivity index (χ2v) is 8.40. The van der Waals surface area contributed by atoms with E-state index in [4.69, 9.17) is 5.11 Å². The summed E-state index contributed by atoms with van der Waals surface area (Å²) in [6, 6.07) is 8.67. The minimum atomic E-state index is -5.04. The summed E-state index contributed by atoms with van der Waals surface area (Å²) in [5.41, 5.74) is -4.32. The predicted molar refractivity (Wildman–Crippen MR) is 110 cm³/mol. The van der Waals surface area contributed by atoms with Gasteiger partial charge in [0.05, 0.1) is 12.1 Å². The van der Waals surface area contributed by atoms with Crippen molar-refractivity contribution in [3.05, 3.63) is 59.4 Å². The van der Waals surface area contributed by atoms with Gasteiger partial charge in [-0.1, -0.05) is 19.9 Å². The van der Waals surface area contributed by atoms with E-state index in [-0.39, 0.29) is 22.7 Å². The minimum absolute atomic E-state index is 0.00865. The van der Waals surface area contributed by atoms with Crippen LogP contribution >= 0.6 is 0 Å². The van der Waals surface area contributed by atoms with Crippen LogP contribution in [0.15, 0.2) is 42.5 Å². The predicted octanol–water partition coefficient (Wildman–Crippen LogP) is 4.78. The number of nitrogens with one attached hydrogen (secondary N) is 2. The SMILES string of the molecule is CC(C)(CC(O)(CNc1cc2ccc(C(=O)O)cc2[nH]1)C(F)(F)F)c1cc(F)ccc1O. The Hall–Kier alpha value is -3.27. The van der Waals surface area contributed by atoms with Gasteiger partial charge >= 0.3 is 12.1 Å². The van der Waals surface area contributed by atoms with Crippen molar-refractivity contribution >= 4 is 22.7 Å². The zero-order chi connectivity index (χ0) is 23.9. The summed E-state index contributed by atoms with van der Waals surface area (Å²) in [6.07, 6.45) is -5.90. The van der Waals surface area contributed by atoms with E-state index in [1.807, 2.05) is 0 Å². The van der Waals surface area contributed by atoms with Crippen LogP contribution in [0.5, 0.6) is 5.75 Å². The number of carboxylic acid groups (broad SMARTS) is 1. The lowest BCUT2D eigenvalue weighted by molar-refractivity contribution is -0.260. The van der Waals surface area contributed by atoms with E-state index in [0.29, 0.717) is 10.9 Å². The number of hydrogen-bond acceptors (Lipinski definition) is 4. The number of carbonyl (C=O) groups is 1. The number of phenols is 1. The third-order valence-corrected chi connectivity index (χ3v) is 5.39. The Morgan fingerprint density at radius 3 is 2.41 bits per heavy atom. The highest BCUT2D eigenvalue weighted by Gasteiger charge is 2.56. The van der Waals surface area contributed by atoms with Gasteiger partial charge in [0.25, 0.3) is 0 Å². The number of aromatic amines is 1.